The van der Waals surface area contributed by atoms with Crippen molar-refractivity contribution in [2.45, 2.75) is 13.0 Å². The Hall–Kier alpha value is -3.15. The minimum atomic E-state index is -0.583. The van der Waals surface area contributed by atoms with Crippen LogP contribution >= 0.6 is 0 Å². The molecule has 0 saturated heterocycles. The van der Waals surface area contributed by atoms with Crippen LogP contribution in [-0.4, -0.2) is 23.6 Å². The van der Waals surface area contributed by atoms with Crippen LogP contribution in [-0.2, 0) is 9.53 Å². The van der Waals surface area contributed by atoms with Gasteiger partial charge in [0.2, 0.25) is 0 Å². The molecular formula is C18H17N3O3. The fourth-order valence-electron chi connectivity index (χ4n) is 2.70. The minimum absolute atomic E-state index is 0.109. The van der Waals surface area contributed by atoms with Gasteiger partial charge in [0.05, 0.1) is 17.1 Å². The Morgan fingerprint density at radius 1 is 1.42 bits per heavy atom. The lowest BCUT2D eigenvalue weighted by Gasteiger charge is -2.28. The quantitative estimate of drug-likeness (QED) is 0.669. The molecule has 1 aliphatic rings. The van der Waals surface area contributed by atoms with E-state index < -0.39 is 12.0 Å². The molecule has 0 aliphatic carbocycles. The Kier molecular flexibility index (Phi) is 4.29. The maximum atomic E-state index is 12.4. The number of carbonyl (C=O) groups excluding carboxylic acids is 2. The minimum Gasteiger partial charge on any atom is -0.458 e. The fourth-order valence-corrected chi connectivity index (χ4v) is 2.70. The van der Waals surface area contributed by atoms with Crippen LogP contribution in [0.15, 0.2) is 60.5 Å². The highest BCUT2D eigenvalue weighted by atomic mass is 16.5. The second kappa shape index (κ2) is 6.54. The SMILES string of the molecule is C=CCOC(=O)C1=C(C)NC(=O)NC1c1ccc2ncccc2c1. The van der Waals surface area contributed by atoms with Gasteiger partial charge in [-0.15, -0.1) is 0 Å². The van der Waals surface area contributed by atoms with Gasteiger partial charge in [0.15, 0.2) is 0 Å². The number of benzene rings is 1. The number of allylic oxidation sites excluding steroid dienone is 1. The van der Waals surface area contributed by atoms with Gasteiger partial charge in [-0.1, -0.05) is 24.8 Å². The Morgan fingerprint density at radius 3 is 3.04 bits per heavy atom. The molecule has 1 aromatic heterocycles. The first-order chi connectivity index (χ1) is 11.6. The zero-order chi connectivity index (χ0) is 17.1. The summed E-state index contributed by atoms with van der Waals surface area (Å²) in [7, 11) is 0. The summed E-state index contributed by atoms with van der Waals surface area (Å²) in [6, 6.07) is 8.45. The van der Waals surface area contributed by atoms with Crippen LogP contribution in [0, 0.1) is 0 Å². The number of ether oxygens (including phenoxy) is 1. The summed E-state index contributed by atoms with van der Waals surface area (Å²) in [4.78, 5) is 28.5. The molecule has 0 bridgehead atoms. The predicted octanol–water partition coefficient (Wildman–Crippen LogP) is 2.59. The van der Waals surface area contributed by atoms with Gasteiger partial charge in [-0.25, -0.2) is 9.59 Å². The lowest BCUT2D eigenvalue weighted by atomic mass is 9.94. The third kappa shape index (κ3) is 2.99. The van der Waals surface area contributed by atoms with Crippen molar-refractivity contribution in [2.24, 2.45) is 0 Å². The molecule has 0 fully saturated rings. The van der Waals surface area contributed by atoms with Crippen molar-refractivity contribution in [3.8, 4) is 0 Å². The fraction of sp³-hybridized carbons (Fsp3) is 0.167. The van der Waals surface area contributed by atoms with Crippen molar-refractivity contribution >= 4 is 22.9 Å². The molecule has 2 aromatic rings. The maximum Gasteiger partial charge on any atom is 0.338 e. The van der Waals surface area contributed by atoms with Gasteiger partial charge < -0.3 is 15.4 Å². The Labute approximate surface area is 139 Å². The number of hydrogen-bond acceptors (Lipinski definition) is 4. The number of urea groups is 1. The normalized spacial score (nSPS) is 17.2. The standard InChI is InChI=1S/C18H17N3O3/c1-3-9-24-17(22)15-11(2)20-18(23)21-16(15)13-6-7-14-12(10-13)5-4-8-19-14/h3-8,10,16H,1,9H2,2H3,(H2,20,21,23). The van der Waals surface area contributed by atoms with Gasteiger partial charge in [0.25, 0.3) is 0 Å². The van der Waals surface area contributed by atoms with Crippen molar-refractivity contribution in [3.05, 3.63) is 66.0 Å². The molecule has 0 saturated carbocycles. The predicted molar refractivity (Wildman–Crippen MR) is 90.0 cm³/mol. The summed E-state index contributed by atoms with van der Waals surface area (Å²) in [5.41, 5.74) is 2.48. The zero-order valence-corrected chi connectivity index (χ0v) is 13.2. The van der Waals surface area contributed by atoms with E-state index in [9.17, 15) is 9.59 Å². The summed E-state index contributed by atoms with van der Waals surface area (Å²) in [6.07, 6.45) is 3.22. The first kappa shape index (κ1) is 15.7. The number of nitrogens with zero attached hydrogens (tertiary/aromatic N) is 1. The highest BCUT2D eigenvalue weighted by Gasteiger charge is 2.32. The van der Waals surface area contributed by atoms with E-state index in [0.29, 0.717) is 11.3 Å². The molecule has 6 heteroatoms. The summed E-state index contributed by atoms with van der Waals surface area (Å²) in [5, 5.41) is 6.32. The summed E-state index contributed by atoms with van der Waals surface area (Å²) < 4.78 is 5.16. The van der Waals surface area contributed by atoms with Crippen molar-refractivity contribution in [1.29, 1.82) is 0 Å². The van der Waals surface area contributed by atoms with E-state index >= 15 is 0 Å². The molecule has 1 aromatic carbocycles. The van der Waals surface area contributed by atoms with E-state index in [0.717, 1.165) is 16.5 Å². The maximum absolute atomic E-state index is 12.4. The molecule has 1 unspecified atom stereocenters. The molecular weight excluding hydrogens is 306 g/mol. The third-order valence-corrected chi connectivity index (χ3v) is 3.78. The van der Waals surface area contributed by atoms with Crippen LogP contribution in [0.2, 0.25) is 0 Å². The van der Waals surface area contributed by atoms with Crippen LogP contribution in [0.5, 0.6) is 0 Å². The van der Waals surface area contributed by atoms with Gasteiger partial charge in [0.1, 0.15) is 6.61 Å². The molecule has 0 spiro atoms. The number of amides is 2. The molecule has 2 N–H and O–H groups in total. The highest BCUT2D eigenvalue weighted by molar-refractivity contribution is 5.95. The van der Waals surface area contributed by atoms with E-state index in [1.807, 2.05) is 30.3 Å². The van der Waals surface area contributed by atoms with Gasteiger partial charge in [-0.2, -0.15) is 0 Å². The molecule has 1 aliphatic heterocycles. The van der Waals surface area contributed by atoms with Crippen molar-refractivity contribution in [2.75, 3.05) is 6.61 Å². The average molecular weight is 323 g/mol. The zero-order valence-electron chi connectivity index (χ0n) is 13.2. The molecule has 0 radical (unpaired) electrons. The Morgan fingerprint density at radius 2 is 2.25 bits per heavy atom. The van der Waals surface area contributed by atoms with E-state index in [1.54, 1.807) is 13.1 Å². The number of hydrogen-bond donors (Lipinski definition) is 2. The van der Waals surface area contributed by atoms with Gasteiger partial charge in [-0.05, 0) is 30.7 Å². The summed E-state index contributed by atoms with van der Waals surface area (Å²) >= 11 is 0. The van der Waals surface area contributed by atoms with Crippen LogP contribution in [0.3, 0.4) is 0 Å². The molecule has 6 nitrogen and oxygen atoms in total. The van der Waals surface area contributed by atoms with E-state index in [4.69, 9.17) is 4.74 Å². The summed E-state index contributed by atoms with van der Waals surface area (Å²) in [5.74, 6) is -0.490. The van der Waals surface area contributed by atoms with E-state index in [-0.39, 0.29) is 12.6 Å². The van der Waals surface area contributed by atoms with Crippen LogP contribution in [0.4, 0.5) is 4.79 Å². The number of aromatic nitrogens is 1. The van der Waals surface area contributed by atoms with Crippen molar-refractivity contribution in [1.82, 2.24) is 15.6 Å². The van der Waals surface area contributed by atoms with Gasteiger partial charge in [-0.3, -0.25) is 4.98 Å². The number of pyridine rings is 1. The van der Waals surface area contributed by atoms with E-state index in [2.05, 4.69) is 22.2 Å². The van der Waals surface area contributed by atoms with Crippen LogP contribution in [0.25, 0.3) is 10.9 Å². The lowest BCUT2D eigenvalue weighted by molar-refractivity contribution is -0.138. The highest BCUT2D eigenvalue weighted by Crippen LogP contribution is 2.29. The molecule has 2 heterocycles. The third-order valence-electron chi connectivity index (χ3n) is 3.78. The van der Waals surface area contributed by atoms with Gasteiger partial charge in [0, 0.05) is 17.3 Å². The van der Waals surface area contributed by atoms with Crippen LogP contribution in [0.1, 0.15) is 18.5 Å². The first-order valence-corrected chi connectivity index (χ1v) is 7.51. The van der Waals surface area contributed by atoms with E-state index in [1.165, 1.54) is 6.08 Å². The monoisotopic (exact) mass is 323 g/mol. The topological polar surface area (TPSA) is 80.3 Å². The lowest BCUT2D eigenvalue weighted by Crippen LogP contribution is -2.45. The molecule has 2 amide bonds. The molecule has 24 heavy (non-hydrogen) atoms. The van der Waals surface area contributed by atoms with Crippen LogP contribution < -0.4 is 10.6 Å². The van der Waals surface area contributed by atoms with Crippen molar-refractivity contribution < 1.29 is 14.3 Å². The Balaban J connectivity index is 2.03. The number of rotatable bonds is 4. The average Bonchev–Trinajstić information content (AvgIpc) is 2.58. The number of nitrogens with one attached hydrogen (secondary N) is 2. The number of fused-ring (bicyclic) bond motifs is 1. The molecule has 3 rings (SSSR count). The second-order valence-electron chi connectivity index (χ2n) is 5.41. The largest absolute Gasteiger partial charge is 0.458 e. The van der Waals surface area contributed by atoms with Crippen molar-refractivity contribution in [3.63, 3.8) is 0 Å². The summed E-state index contributed by atoms with van der Waals surface area (Å²) in [6.45, 7) is 5.32. The first-order valence-electron chi connectivity index (χ1n) is 7.51. The van der Waals surface area contributed by atoms with Gasteiger partial charge >= 0.3 is 12.0 Å². The Bertz CT molecular complexity index is 857. The number of esters is 1. The molecule has 1 atom stereocenters. The second-order valence-corrected chi connectivity index (χ2v) is 5.41. The smallest absolute Gasteiger partial charge is 0.338 e. The molecule has 122 valence electrons. The number of carbonyl (C=O) groups is 2.